The summed E-state index contributed by atoms with van der Waals surface area (Å²) in [6, 6.07) is 5.33. The number of halogens is 1. The van der Waals surface area contributed by atoms with Crippen LogP contribution in [0.25, 0.3) is 0 Å². The molecule has 0 aromatic heterocycles. The predicted octanol–water partition coefficient (Wildman–Crippen LogP) is 2.42. The topological polar surface area (TPSA) is 44.8 Å². The Balaban J connectivity index is 2.69. The second kappa shape index (κ2) is 7.95. The molecular formula is C13H17ClO4. The number of methoxy groups -OCH3 is 2. The lowest BCUT2D eigenvalue weighted by atomic mass is 10.1. The zero-order valence-electron chi connectivity index (χ0n) is 10.6. The van der Waals surface area contributed by atoms with E-state index in [1.807, 2.05) is 0 Å². The van der Waals surface area contributed by atoms with Crippen molar-refractivity contribution in [3.05, 3.63) is 23.8 Å². The Bertz CT molecular complexity index is 393. The first-order valence-corrected chi connectivity index (χ1v) is 6.02. The summed E-state index contributed by atoms with van der Waals surface area (Å²) in [5.41, 5.74) is 0.803. The Morgan fingerprint density at radius 2 is 2.00 bits per heavy atom. The number of carbonyl (C=O) groups excluding carboxylic acids is 1. The van der Waals surface area contributed by atoms with Crippen LogP contribution in [0.5, 0.6) is 11.5 Å². The molecular weight excluding hydrogens is 256 g/mol. The van der Waals surface area contributed by atoms with Crippen molar-refractivity contribution in [1.82, 2.24) is 0 Å². The van der Waals surface area contributed by atoms with E-state index >= 15 is 0 Å². The largest absolute Gasteiger partial charge is 0.493 e. The molecule has 0 spiro atoms. The van der Waals surface area contributed by atoms with E-state index in [4.69, 9.17) is 25.8 Å². The normalized spacial score (nSPS) is 10.2. The molecule has 0 N–H and O–H groups in total. The molecule has 1 aromatic carbocycles. The lowest BCUT2D eigenvalue weighted by Crippen LogP contribution is -2.03. The van der Waals surface area contributed by atoms with Crippen molar-refractivity contribution in [2.24, 2.45) is 0 Å². The van der Waals surface area contributed by atoms with Crippen molar-refractivity contribution in [2.75, 3.05) is 27.4 Å². The molecule has 1 rings (SSSR count). The molecule has 0 unspecified atom stereocenters. The lowest BCUT2D eigenvalue weighted by Gasteiger charge is -2.11. The van der Waals surface area contributed by atoms with Gasteiger partial charge in [0.25, 0.3) is 0 Å². The van der Waals surface area contributed by atoms with Gasteiger partial charge in [-0.3, -0.25) is 4.79 Å². The van der Waals surface area contributed by atoms with E-state index in [1.165, 1.54) is 0 Å². The Kier molecular flexibility index (Phi) is 6.54. The quantitative estimate of drug-likeness (QED) is 0.539. The minimum Gasteiger partial charge on any atom is -0.493 e. The Hall–Kier alpha value is -1.26. The molecule has 0 atom stereocenters. The van der Waals surface area contributed by atoms with Crippen LogP contribution in [-0.4, -0.2) is 32.7 Å². The van der Waals surface area contributed by atoms with Crippen LogP contribution in [0.4, 0.5) is 0 Å². The van der Waals surface area contributed by atoms with Crippen molar-refractivity contribution in [1.29, 1.82) is 0 Å². The highest BCUT2D eigenvalue weighted by Gasteiger charge is 2.07. The number of hydrogen-bond acceptors (Lipinski definition) is 4. The van der Waals surface area contributed by atoms with Crippen LogP contribution in [0.2, 0.25) is 0 Å². The van der Waals surface area contributed by atoms with Crippen molar-refractivity contribution in [3.63, 3.8) is 0 Å². The maximum atomic E-state index is 10.9. The van der Waals surface area contributed by atoms with Gasteiger partial charge in [0.05, 0.1) is 13.7 Å². The van der Waals surface area contributed by atoms with Gasteiger partial charge in [-0.05, 0) is 29.3 Å². The molecule has 0 fully saturated rings. The summed E-state index contributed by atoms with van der Waals surface area (Å²) in [4.78, 5) is 10.9. The molecule has 0 aliphatic rings. The first-order chi connectivity index (χ1) is 8.67. The monoisotopic (exact) mass is 272 g/mol. The van der Waals surface area contributed by atoms with Crippen molar-refractivity contribution >= 4 is 16.8 Å². The van der Waals surface area contributed by atoms with E-state index in [1.54, 1.807) is 32.4 Å². The number of hydrogen-bond donors (Lipinski definition) is 0. The van der Waals surface area contributed by atoms with Gasteiger partial charge >= 0.3 is 0 Å². The number of benzene rings is 1. The number of rotatable bonds is 8. The van der Waals surface area contributed by atoms with Gasteiger partial charge in [-0.1, -0.05) is 6.07 Å². The zero-order valence-corrected chi connectivity index (χ0v) is 11.3. The third-order valence-corrected chi connectivity index (χ3v) is 2.46. The molecule has 0 heterocycles. The summed E-state index contributed by atoms with van der Waals surface area (Å²) in [7, 11) is 3.22. The zero-order chi connectivity index (χ0) is 13.4. The van der Waals surface area contributed by atoms with Gasteiger partial charge in [0.1, 0.15) is 0 Å². The van der Waals surface area contributed by atoms with Crippen LogP contribution in [0.3, 0.4) is 0 Å². The number of carbonyl (C=O) groups is 1. The summed E-state index contributed by atoms with van der Waals surface area (Å²) < 4.78 is 15.7. The fourth-order valence-electron chi connectivity index (χ4n) is 1.49. The second-order valence-electron chi connectivity index (χ2n) is 3.71. The highest BCUT2D eigenvalue weighted by Crippen LogP contribution is 2.28. The average molecular weight is 273 g/mol. The maximum absolute atomic E-state index is 10.9. The first-order valence-electron chi connectivity index (χ1n) is 5.64. The van der Waals surface area contributed by atoms with Crippen LogP contribution in [0, 0.1) is 0 Å². The van der Waals surface area contributed by atoms with Crippen LogP contribution in [0.1, 0.15) is 12.0 Å². The van der Waals surface area contributed by atoms with E-state index < -0.39 is 5.24 Å². The van der Waals surface area contributed by atoms with Crippen molar-refractivity contribution in [3.8, 4) is 11.5 Å². The third kappa shape index (κ3) is 4.94. The van der Waals surface area contributed by atoms with Gasteiger partial charge in [-0.2, -0.15) is 0 Å². The van der Waals surface area contributed by atoms with Gasteiger partial charge in [0.15, 0.2) is 11.5 Å². The minimum absolute atomic E-state index is 0.181. The van der Waals surface area contributed by atoms with Crippen molar-refractivity contribution < 1.29 is 19.0 Å². The first kappa shape index (κ1) is 14.8. The van der Waals surface area contributed by atoms with Crippen LogP contribution >= 0.6 is 11.6 Å². The standard InChI is InChI=1S/C13H17ClO4/c1-16-6-3-7-18-12-8-10(9-13(14)15)4-5-11(12)17-2/h4-5,8H,3,6-7,9H2,1-2H3. The van der Waals surface area contributed by atoms with Gasteiger partial charge in [0, 0.05) is 26.6 Å². The lowest BCUT2D eigenvalue weighted by molar-refractivity contribution is -0.111. The molecule has 4 nitrogen and oxygen atoms in total. The molecule has 18 heavy (non-hydrogen) atoms. The maximum Gasteiger partial charge on any atom is 0.226 e. The van der Waals surface area contributed by atoms with Gasteiger partial charge in [0.2, 0.25) is 5.24 Å². The summed E-state index contributed by atoms with van der Waals surface area (Å²) >= 11 is 5.36. The van der Waals surface area contributed by atoms with E-state index in [0.717, 1.165) is 12.0 Å². The third-order valence-electron chi connectivity index (χ3n) is 2.32. The van der Waals surface area contributed by atoms with Gasteiger partial charge in [-0.25, -0.2) is 0 Å². The number of ether oxygens (including phenoxy) is 3. The summed E-state index contributed by atoms with van der Waals surface area (Å²) in [5.74, 6) is 1.25. The Labute approximate surface area is 112 Å². The average Bonchev–Trinajstić information content (AvgIpc) is 2.34. The molecule has 0 radical (unpaired) electrons. The smallest absolute Gasteiger partial charge is 0.226 e. The van der Waals surface area contributed by atoms with Crippen LogP contribution in [0.15, 0.2) is 18.2 Å². The minimum atomic E-state index is -0.398. The Morgan fingerprint density at radius 3 is 2.61 bits per heavy atom. The molecule has 1 aromatic rings. The summed E-state index contributed by atoms with van der Waals surface area (Å²) in [6.07, 6.45) is 0.971. The fourth-order valence-corrected chi connectivity index (χ4v) is 1.64. The molecule has 0 saturated carbocycles. The van der Waals surface area contributed by atoms with Crippen molar-refractivity contribution in [2.45, 2.75) is 12.8 Å². The van der Waals surface area contributed by atoms with Gasteiger partial charge in [-0.15, -0.1) is 0 Å². The van der Waals surface area contributed by atoms with Gasteiger partial charge < -0.3 is 14.2 Å². The Morgan fingerprint density at radius 1 is 1.22 bits per heavy atom. The molecule has 0 bridgehead atoms. The summed E-state index contributed by atoms with van der Waals surface area (Å²) in [5, 5.41) is -0.398. The molecule has 0 saturated heterocycles. The SMILES string of the molecule is COCCCOc1cc(CC(=O)Cl)ccc1OC. The molecule has 0 amide bonds. The predicted molar refractivity (Wildman–Crippen MR) is 69.5 cm³/mol. The van der Waals surface area contributed by atoms with Crippen LogP contribution < -0.4 is 9.47 Å². The molecule has 0 aliphatic carbocycles. The highest BCUT2D eigenvalue weighted by atomic mass is 35.5. The fraction of sp³-hybridized carbons (Fsp3) is 0.462. The second-order valence-corrected chi connectivity index (χ2v) is 4.13. The van der Waals surface area contributed by atoms with E-state index in [-0.39, 0.29) is 6.42 Å². The van der Waals surface area contributed by atoms with E-state index in [9.17, 15) is 4.79 Å². The molecule has 0 aliphatic heterocycles. The van der Waals surface area contributed by atoms with E-state index in [0.29, 0.717) is 24.7 Å². The van der Waals surface area contributed by atoms with E-state index in [2.05, 4.69) is 0 Å². The molecule has 5 heteroatoms. The highest BCUT2D eigenvalue weighted by molar-refractivity contribution is 6.63. The van der Waals surface area contributed by atoms with Crippen LogP contribution in [-0.2, 0) is 16.0 Å². The molecule has 100 valence electrons. The summed E-state index contributed by atoms with van der Waals surface area (Å²) in [6.45, 7) is 1.17.